The molecule has 3 heteroatoms. The number of benzene rings is 3. The molecule has 0 saturated heterocycles. The zero-order valence-corrected chi connectivity index (χ0v) is 21.3. The molecule has 4 rings (SSSR count). The molecule has 0 bridgehead atoms. The fourth-order valence-corrected chi connectivity index (χ4v) is 4.57. The van der Waals surface area contributed by atoms with Crippen molar-refractivity contribution >= 4 is 24.4 Å². The Bertz CT molecular complexity index is 988. The monoisotopic (exact) mass is 457 g/mol. The molecule has 33 heavy (non-hydrogen) atoms. The van der Waals surface area contributed by atoms with Crippen molar-refractivity contribution in [3.63, 3.8) is 0 Å². The molecule has 0 saturated carbocycles. The molecule has 0 aromatic heterocycles. The third-order valence-electron chi connectivity index (χ3n) is 5.10. The van der Waals surface area contributed by atoms with Crippen LogP contribution >= 0.6 is 7.92 Å². The number of rotatable bonds is 5. The molecule has 1 heterocycles. The average molecular weight is 458 g/mol. The van der Waals surface area contributed by atoms with Gasteiger partial charge in [-0.2, -0.15) is 0 Å². The number of hydrogen-bond acceptors (Lipinski definition) is 2. The number of allylic oxidation sites excluding steroid dienone is 1. The first-order chi connectivity index (χ1) is 16.0. The maximum atomic E-state index is 5.55. The zero-order chi connectivity index (χ0) is 24.1. The summed E-state index contributed by atoms with van der Waals surface area (Å²) in [6.45, 7) is 16.3. The Morgan fingerprint density at radius 3 is 2.00 bits per heavy atom. The molecule has 1 unspecified atom stereocenters. The highest BCUT2D eigenvalue weighted by Gasteiger charge is 2.19. The van der Waals surface area contributed by atoms with Crippen molar-refractivity contribution in [3.8, 4) is 0 Å². The van der Waals surface area contributed by atoms with Gasteiger partial charge < -0.3 is 4.74 Å². The van der Waals surface area contributed by atoms with Crippen LogP contribution in [0.3, 0.4) is 0 Å². The van der Waals surface area contributed by atoms with Crippen molar-refractivity contribution in [2.24, 2.45) is 4.99 Å². The van der Waals surface area contributed by atoms with Crippen LogP contribution in [0.25, 0.3) is 0 Å². The molecular formula is C30H36NOP. The Morgan fingerprint density at radius 1 is 0.970 bits per heavy atom. The Hall–Kier alpha value is -2.96. The molecule has 0 spiro atoms. The third kappa shape index (κ3) is 8.48. The van der Waals surface area contributed by atoms with E-state index in [4.69, 9.17) is 4.74 Å². The lowest BCUT2D eigenvalue weighted by Gasteiger charge is -2.12. The second kappa shape index (κ2) is 14.2. The SMILES string of the molecule is C=CC(C)N=C1OCc2ccc(C)cc21.C=CCC.CP(c1ccccc1)c1ccccc1. The van der Waals surface area contributed by atoms with Gasteiger partial charge in [0.05, 0.1) is 6.04 Å². The largest absolute Gasteiger partial charge is 0.473 e. The van der Waals surface area contributed by atoms with E-state index in [0.717, 1.165) is 17.9 Å². The molecule has 172 valence electrons. The first kappa shape index (κ1) is 26.3. The summed E-state index contributed by atoms with van der Waals surface area (Å²) in [6.07, 6.45) is 4.77. The number of ether oxygens (including phenoxy) is 1. The fraction of sp³-hybridized carbons (Fsp3) is 0.233. The van der Waals surface area contributed by atoms with Crippen LogP contribution in [-0.2, 0) is 11.3 Å². The molecular weight excluding hydrogens is 421 g/mol. The molecule has 0 N–H and O–H groups in total. The van der Waals surface area contributed by atoms with Crippen LogP contribution in [0, 0.1) is 6.92 Å². The van der Waals surface area contributed by atoms with Crippen molar-refractivity contribution < 1.29 is 4.74 Å². The van der Waals surface area contributed by atoms with Crippen LogP contribution in [0.4, 0.5) is 0 Å². The number of nitrogens with zero attached hydrogens (tertiary/aromatic N) is 1. The summed E-state index contributed by atoms with van der Waals surface area (Å²) in [5.74, 6) is 0.751. The van der Waals surface area contributed by atoms with Crippen LogP contribution in [0.2, 0.25) is 0 Å². The van der Waals surface area contributed by atoms with Crippen molar-refractivity contribution in [3.05, 3.63) is 121 Å². The summed E-state index contributed by atoms with van der Waals surface area (Å²) in [6, 6.07) is 27.8. The fourth-order valence-electron chi connectivity index (χ4n) is 3.04. The highest BCUT2D eigenvalue weighted by Crippen LogP contribution is 2.27. The number of hydrogen-bond donors (Lipinski definition) is 0. The standard InChI is InChI=1S/C13H15NO.C13H13P.C4H8/c1-4-10(3)14-13-12-7-9(2)5-6-11(12)8-15-13;1-14(12-8-4-2-5-9-12)13-10-6-3-7-11-13;1-3-4-2/h4-7,10H,1,8H2,2-3H3;2-11H,1H3;3H,1,4H2,2H3. The summed E-state index contributed by atoms with van der Waals surface area (Å²) in [7, 11) is -0.171. The number of aliphatic imine (C=N–C) groups is 1. The first-order valence-electron chi connectivity index (χ1n) is 11.4. The lowest BCUT2D eigenvalue weighted by molar-refractivity contribution is 0.310. The third-order valence-corrected chi connectivity index (χ3v) is 7.24. The van der Waals surface area contributed by atoms with Gasteiger partial charge in [0.1, 0.15) is 6.61 Å². The second-order valence-electron chi connectivity index (χ2n) is 7.79. The van der Waals surface area contributed by atoms with Crippen molar-refractivity contribution in [1.82, 2.24) is 0 Å². The van der Waals surface area contributed by atoms with Gasteiger partial charge in [-0.1, -0.05) is 97.4 Å². The lowest BCUT2D eigenvalue weighted by Crippen LogP contribution is -2.09. The molecule has 3 aromatic rings. The summed E-state index contributed by atoms with van der Waals surface area (Å²) in [4.78, 5) is 4.45. The van der Waals surface area contributed by atoms with E-state index in [-0.39, 0.29) is 14.0 Å². The van der Waals surface area contributed by atoms with Gasteiger partial charge in [0.15, 0.2) is 0 Å². The van der Waals surface area contributed by atoms with Crippen molar-refractivity contribution in [2.75, 3.05) is 6.66 Å². The van der Waals surface area contributed by atoms with Crippen LogP contribution in [-0.4, -0.2) is 18.6 Å². The van der Waals surface area contributed by atoms with Gasteiger partial charge in [-0.15, -0.1) is 13.2 Å². The quantitative estimate of drug-likeness (QED) is 0.294. The van der Waals surface area contributed by atoms with Gasteiger partial charge in [-0.25, -0.2) is 4.99 Å². The molecule has 0 aliphatic carbocycles. The Labute approximate surface area is 201 Å². The molecule has 2 nitrogen and oxygen atoms in total. The van der Waals surface area contributed by atoms with Gasteiger partial charge in [-0.05, 0) is 51.5 Å². The number of aryl methyl sites for hydroxylation is 1. The van der Waals surface area contributed by atoms with Gasteiger partial charge in [0, 0.05) is 11.1 Å². The first-order valence-corrected chi connectivity index (χ1v) is 13.2. The molecule has 1 aliphatic rings. The molecule has 3 aromatic carbocycles. The lowest BCUT2D eigenvalue weighted by atomic mass is 10.1. The van der Waals surface area contributed by atoms with E-state index in [0.29, 0.717) is 6.61 Å². The molecule has 0 radical (unpaired) electrons. The Morgan fingerprint density at radius 2 is 1.52 bits per heavy atom. The normalized spacial score (nSPS) is 13.5. The van der Waals surface area contributed by atoms with E-state index >= 15 is 0 Å². The summed E-state index contributed by atoms with van der Waals surface area (Å²) >= 11 is 0. The molecule has 0 fully saturated rings. The zero-order valence-electron chi connectivity index (χ0n) is 20.4. The molecule has 0 amide bonds. The van der Waals surface area contributed by atoms with Crippen molar-refractivity contribution in [1.29, 1.82) is 0 Å². The van der Waals surface area contributed by atoms with Crippen LogP contribution < -0.4 is 10.6 Å². The van der Waals surface area contributed by atoms with Crippen molar-refractivity contribution in [2.45, 2.75) is 39.8 Å². The van der Waals surface area contributed by atoms with E-state index in [9.17, 15) is 0 Å². The maximum absolute atomic E-state index is 5.55. The van der Waals surface area contributed by atoms with Crippen LogP contribution in [0.5, 0.6) is 0 Å². The van der Waals surface area contributed by atoms with Gasteiger partial charge in [-0.3, -0.25) is 0 Å². The second-order valence-corrected chi connectivity index (χ2v) is 9.94. The van der Waals surface area contributed by atoms with E-state index in [1.165, 1.54) is 21.7 Å². The maximum Gasteiger partial charge on any atom is 0.217 e. The highest BCUT2D eigenvalue weighted by molar-refractivity contribution is 7.72. The van der Waals surface area contributed by atoms with E-state index in [2.05, 4.69) is 118 Å². The minimum absolute atomic E-state index is 0.103. The minimum atomic E-state index is -0.171. The molecule has 1 atom stereocenters. The van der Waals surface area contributed by atoms with Crippen LogP contribution in [0.1, 0.15) is 37.0 Å². The Kier molecular flexibility index (Phi) is 11.3. The number of fused-ring (bicyclic) bond motifs is 1. The van der Waals surface area contributed by atoms with Gasteiger partial charge >= 0.3 is 0 Å². The van der Waals surface area contributed by atoms with Crippen LogP contribution in [0.15, 0.2) is 109 Å². The summed E-state index contributed by atoms with van der Waals surface area (Å²) in [5.41, 5.74) is 3.58. The minimum Gasteiger partial charge on any atom is -0.473 e. The van der Waals surface area contributed by atoms with Gasteiger partial charge in [0.2, 0.25) is 5.90 Å². The smallest absolute Gasteiger partial charge is 0.217 e. The average Bonchev–Trinajstić information content (AvgIpc) is 3.26. The predicted molar refractivity (Wildman–Crippen MR) is 148 cm³/mol. The highest BCUT2D eigenvalue weighted by atomic mass is 31.1. The van der Waals surface area contributed by atoms with E-state index in [1.54, 1.807) is 0 Å². The predicted octanol–water partition coefficient (Wildman–Crippen LogP) is 7.18. The summed E-state index contributed by atoms with van der Waals surface area (Å²) in [5, 5.41) is 2.88. The summed E-state index contributed by atoms with van der Waals surface area (Å²) < 4.78 is 5.55. The Balaban J connectivity index is 0.000000202. The molecule has 1 aliphatic heterocycles. The van der Waals surface area contributed by atoms with E-state index < -0.39 is 0 Å². The van der Waals surface area contributed by atoms with Gasteiger partial charge in [0.25, 0.3) is 0 Å². The topological polar surface area (TPSA) is 21.6 Å². The van der Waals surface area contributed by atoms with E-state index in [1.807, 2.05) is 19.1 Å².